The van der Waals surface area contributed by atoms with Gasteiger partial charge in [-0.2, -0.15) is 0 Å². The maximum atomic E-state index is 12.9. The fourth-order valence-electron chi connectivity index (χ4n) is 7.29. The Kier molecular flexibility index (Phi) is 4.24. The van der Waals surface area contributed by atoms with Crippen molar-refractivity contribution in [3.8, 4) is 11.5 Å². The van der Waals surface area contributed by atoms with E-state index in [-0.39, 0.29) is 41.6 Å². The van der Waals surface area contributed by atoms with E-state index in [9.17, 15) is 15.0 Å². The van der Waals surface area contributed by atoms with Gasteiger partial charge in [0.15, 0.2) is 23.4 Å². The minimum Gasteiger partial charge on any atom is -1.00 e. The third-order valence-electron chi connectivity index (χ3n) is 8.56. The summed E-state index contributed by atoms with van der Waals surface area (Å²) in [4.78, 5) is 12.9. The lowest BCUT2D eigenvalue weighted by Gasteiger charge is -2.65. The van der Waals surface area contributed by atoms with Crippen LogP contribution in [0.25, 0.3) is 0 Å². The molecule has 5 aliphatic rings. The number of Topliss-reactive ketones (excluding diaryl/α,β-unsaturated/α-hetero) is 1. The van der Waals surface area contributed by atoms with Crippen LogP contribution in [0.5, 0.6) is 11.5 Å². The van der Waals surface area contributed by atoms with Crippen molar-refractivity contribution in [2.45, 2.75) is 61.7 Å². The van der Waals surface area contributed by atoms with Gasteiger partial charge in [0.1, 0.15) is 11.6 Å². The standard InChI is InChI=1S/C23H27NO4.HI/c1-2-10-24(13-14-3-4-14)11-9-22-19-15-5-6-16(25)20(19)28-21(22)17(26)7-8-23(22,27)18(24)12-15;/h2,5-6,14,18,21,27H,1,3-4,7-13H2;1H/t18-,21+,22+,23?,24-;/m1./s1. The lowest BCUT2D eigenvalue weighted by atomic mass is 9.48. The highest BCUT2D eigenvalue weighted by atomic mass is 127. The van der Waals surface area contributed by atoms with E-state index in [0.29, 0.717) is 18.6 Å². The van der Waals surface area contributed by atoms with Gasteiger partial charge in [0, 0.05) is 30.7 Å². The van der Waals surface area contributed by atoms with E-state index in [1.807, 2.05) is 12.1 Å². The van der Waals surface area contributed by atoms with Crippen LogP contribution in [0.4, 0.5) is 0 Å². The molecule has 1 saturated heterocycles. The molecule has 3 fully saturated rings. The van der Waals surface area contributed by atoms with E-state index in [0.717, 1.165) is 54.0 Å². The fourth-order valence-corrected chi connectivity index (χ4v) is 7.29. The van der Waals surface area contributed by atoms with Crippen molar-refractivity contribution in [2.75, 3.05) is 19.6 Å². The summed E-state index contributed by atoms with van der Waals surface area (Å²) in [5, 5.41) is 22.8. The second kappa shape index (κ2) is 6.20. The third kappa shape index (κ3) is 2.26. The zero-order chi connectivity index (χ0) is 19.3. The minimum absolute atomic E-state index is 0. The predicted molar refractivity (Wildman–Crippen MR) is 103 cm³/mol. The van der Waals surface area contributed by atoms with Crippen molar-refractivity contribution in [3.05, 3.63) is 35.9 Å². The van der Waals surface area contributed by atoms with Gasteiger partial charge in [-0.25, -0.2) is 0 Å². The number of piperidine rings is 1. The first-order chi connectivity index (χ1) is 13.5. The summed E-state index contributed by atoms with van der Waals surface area (Å²) in [6.07, 6.45) is 6.25. The lowest BCUT2D eigenvalue weighted by molar-refractivity contribution is -0.962. The van der Waals surface area contributed by atoms with Gasteiger partial charge < -0.3 is 43.4 Å². The molecule has 1 spiro atoms. The third-order valence-corrected chi connectivity index (χ3v) is 8.56. The number of rotatable bonds is 4. The molecule has 156 valence electrons. The Morgan fingerprint density at radius 1 is 1.31 bits per heavy atom. The monoisotopic (exact) mass is 509 g/mol. The van der Waals surface area contributed by atoms with E-state index in [1.54, 1.807) is 6.07 Å². The molecule has 2 N–H and O–H groups in total. The topological polar surface area (TPSA) is 66.8 Å². The van der Waals surface area contributed by atoms with Gasteiger partial charge in [0.25, 0.3) is 0 Å². The molecule has 3 aliphatic carbocycles. The van der Waals surface area contributed by atoms with Crippen molar-refractivity contribution >= 4 is 5.78 Å². The number of aromatic hydroxyl groups is 1. The molecule has 0 amide bonds. The molecule has 2 saturated carbocycles. The molecular formula is C23H28INO4. The van der Waals surface area contributed by atoms with Gasteiger partial charge in [0.05, 0.1) is 25.0 Å². The largest absolute Gasteiger partial charge is 1.00 e. The maximum absolute atomic E-state index is 12.9. The van der Waals surface area contributed by atoms with Gasteiger partial charge in [-0.15, -0.1) is 0 Å². The average molecular weight is 509 g/mol. The first-order valence-corrected chi connectivity index (χ1v) is 10.7. The molecule has 2 heterocycles. The highest BCUT2D eigenvalue weighted by molar-refractivity contribution is 5.90. The molecule has 6 heteroatoms. The SMILES string of the molecule is C=CC[N@+]1(CC2CC2)CC[C@]23c4c5ccc(O)c4O[C@H]2C(=O)CCC3(O)[C@H]1C5.[I-]. The molecule has 5 atom stereocenters. The van der Waals surface area contributed by atoms with E-state index in [2.05, 4.69) is 6.58 Å². The van der Waals surface area contributed by atoms with E-state index in [1.165, 1.54) is 12.8 Å². The lowest BCUT2D eigenvalue weighted by Crippen LogP contribution is -3.00. The Balaban J connectivity index is 0.00000181. The molecular weight excluding hydrogens is 481 g/mol. The summed E-state index contributed by atoms with van der Waals surface area (Å²) in [7, 11) is 0. The number of phenols is 1. The summed E-state index contributed by atoms with van der Waals surface area (Å²) >= 11 is 0. The van der Waals surface area contributed by atoms with Crippen LogP contribution in [0.1, 0.15) is 43.2 Å². The number of likely N-dealkylation sites (tertiary alicyclic amines) is 1. The quantitative estimate of drug-likeness (QED) is 0.318. The van der Waals surface area contributed by atoms with E-state index >= 15 is 0 Å². The van der Waals surface area contributed by atoms with Gasteiger partial charge in [0.2, 0.25) is 0 Å². The van der Waals surface area contributed by atoms with E-state index < -0.39 is 17.1 Å². The molecule has 5 nitrogen and oxygen atoms in total. The molecule has 29 heavy (non-hydrogen) atoms. The Hall–Kier alpha value is -1.12. The van der Waals surface area contributed by atoms with Crippen LogP contribution in [-0.2, 0) is 16.6 Å². The summed E-state index contributed by atoms with van der Waals surface area (Å²) in [5.41, 5.74) is 0.378. The number of benzene rings is 1. The van der Waals surface area contributed by atoms with Crippen molar-refractivity contribution in [1.29, 1.82) is 0 Å². The summed E-state index contributed by atoms with van der Waals surface area (Å²) < 4.78 is 7.00. The van der Waals surface area contributed by atoms with Crippen LogP contribution < -0.4 is 28.7 Å². The number of carbonyl (C=O) groups excluding carboxylic acids is 1. The number of halogens is 1. The first-order valence-electron chi connectivity index (χ1n) is 10.7. The first kappa shape index (κ1) is 19.8. The highest BCUT2D eigenvalue weighted by Gasteiger charge is 2.76. The minimum atomic E-state index is -0.978. The summed E-state index contributed by atoms with van der Waals surface area (Å²) in [5.74, 6) is 1.35. The fraction of sp³-hybridized carbons (Fsp3) is 0.609. The van der Waals surface area contributed by atoms with Gasteiger partial charge in [-0.1, -0.05) is 12.6 Å². The van der Waals surface area contributed by atoms with Gasteiger partial charge >= 0.3 is 0 Å². The normalized spacial score (nSPS) is 41.2. The van der Waals surface area contributed by atoms with Crippen LogP contribution in [-0.4, -0.2) is 57.9 Å². The van der Waals surface area contributed by atoms with Crippen LogP contribution in [0, 0.1) is 5.92 Å². The smallest absolute Gasteiger partial charge is 0.174 e. The molecule has 2 bridgehead atoms. The number of hydrogen-bond acceptors (Lipinski definition) is 4. The predicted octanol–water partition coefficient (Wildman–Crippen LogP) is -0.770. The summed E-state index contributed by atoms with van der Waals surface area (Å²) in [6.45, 7) is 6.92. The van der Waals surface area contributed by atoms with E-state index in [4.69, 9.17) is 4.74 Å². The van der Waals surface area contributed by atoms with Gasteiger partial charge in [-0.3, -0.25) is 4.79 Å². The molecule has 0 aromatic heterocycles. The molecule has 0 radical (unpaired) electrons. The average Bonchev–Trinajstić information content (AvgIpc) is 3.39. The molecule has 1 aromatic rings. The second-order valence-electron chi connectivity index (χ2n) is 9.82. The van der Waals surface area contributed by atoms with Crippen LogP contribution in [0.2, 0.25) is 0 Å². The van der Waals surface area contributed by atoms with Crippen LogP contribution in [0.15, 0.2) is 24.8 Å². The van der Waals surface area contributed by atoms with Crippen molar-refractivity contribution < 1.29 is 48.2 Å². The Morgan fingerprint density at radius 3 is 2.83 bits per heavy atom. The van der Waals surface area contributed by atoms with Crippen LogP contribution >= 0.6 is 0 Å². The molecule has 1 unspecified atom stereocenters. The summed E-state index contributed by atoms with van der Waals surface area (Å²) in [6, 6.07) is 3.72. The number of hydrogen-bond donors (Lipinski definition) is 2. The number of ether oxygens (including phenoxy) is 1. The zero-order valence-corrected chi connectivity index (χ0v) is 18.7. The number of nitrogens with zero attached hydrogens (tertiary/aromatic N) is 1. The number of carbonyl (C=O) groups is 1. The van der Waals surface area contributed by atoms with Crippen LogP contribution in [0.3, 0.4) is 0 Å². The maximum Gasteiger partial charge on any atom is 0.174 e. The van der Waals surface area contributed by atoms with Gasteiger partial charge in [-0.05, 0) is 37.0 Å². The second-order valence-corrected chi connectivity index (χ2v) is 9.82. The zero-order valence-electron chi connectivity index (χ0n) is 16.6. The molecule has 1 aromatic carbocycles. The molecule has 6 rings (SSSR count). The number of aliphatic hydroxyl groups is 1. The molecule has 2 aliphatic heterocycles. The van der Waals surface area contributed by atoms with Crippen molar-refractivity contribution in [1.82, 2.24) is 0 Å². The Morgan fingerprint density at radius 2 is 2.10 bits per heavy atom. The number of phenolic OH excluding ortho intramolecular Hbond substituents is 1. The number of ketones is 1. The highest BCUT2D eigenvalue weighted by Crippen LogP contribution is 2.66. The van der Waals surface area contributed by atoms with Crippen molar-refractivity contribution in [2.24, 2.45) is 5.92 Å². The Bertz CT molecular complexity index is 914. The Labute approximate surface area is 188 Å². The number of quaternary nitrogens is 1. The van der Waals surface area contributed by atoms with Crippen molar-refractivity contribution in [3.63, 3.8) is 0 Å².